The number of rotatable bonds is 2. The van der Waals surface area contributed by atoms with Crippen LogP contribution in [0.3, 0.4) is 0 Å². The highest BCUT2D eigenvalue weighted by Gasteiger charge is 2.12. The third kappa shape index (κ3) is 8.93. The average molecular weight is 230 g/mol. The van der Waals surface area contributed by atoms with Gasteiger partial charge in [-0.25, -0.2) is 4.57 Å². The number of halogens is 4. The Balaban J connectivity index is 3.79. The fourth-order valence-corrected chi connectivity index (χ4v) is 0.782. The van der Waals surface area contributed by atoms with Gasteiger partial charge in [-0.05, 0) is 0 Å². The maximum absolute atomic E-state index is 10.3. The molecule has 2 nitrogen and oxygen atoms in total. The van der Waals surface area contributed by atoms with Crippen LogP contribution in [0.1, 0.15) is 0 Å². The van der Waals surface area contributed by atoms with Gasteiger partial charge in [-0.3, -0.25) is 0 Å². The van der Waals surface area contributed by atoms with Crippen LogP contribution < -0.4 is 0 Å². The van der Waals surface area contributed by atoms with Gasteiger partial charge in [0.25, 0.3) is 0 Å². The monoisotopic (exact) mass is 228 g/mol. The molecule has 0 aromatic rings. The molecule has 0 spiro atoms. The van der Waals surface area contributed by atoms with E-state index in [4.69, 9.17) is 45.7 Å². The van der Waals surface area contributed by atoms with E-state index < -0.39 is 6.07 Å². The van der Waals surface area contributed by atoms with Crippen molar-refractivity contribution in [3.63, 3.8) is 0 Å². The van der Waals surface area contributed by atoms with E-state index in [9.17, 15) is 4.57 Å². The molecule has 0 aliphatic carbocycles. The predicted octanol–water partition coefficient (Wildman–Crippen LogP) is 3.87. The maximum atomic E-state index is 10.3. The van der Waals surface area contributed by atoms with Crippen molar-refractivity contribution in [2.24, 2.45) is 0 Å². The van der Waals surface area contributed by atoms with Crippen molar-refractivity contribution in [1.82, 2.24) is 0 Å². The molecule has 0 saturated heterocycles. The molecule has 0 saturated carbocycles. The lowest BCUT2D eigenvalue weighted by Crippen LogP contribution is -1.63. The van der Waals surface area contributed by atoms with Crippen LogP contribution in [0.4, 0.5) is 0 Å². The molecule has 54 valence electrons. The summed E-state index contributed by atoms with van der Waals surface area (Å²) < 4.78 is 14.2. The Kier molecular flexibility index (Phi) is 4.35. The molecule has 0 atom stereocenters. The number of hydrogen-bond donors (Lipinski definition) is 0. The summed E-state index contributed by atoms with van der Waals surface area (Å²) in [4.78, 5) is 0. The molecule has 0 N–H and O–H groups in total. The van der Waals surface area contributed by atoms with Crippen LogP contribution >= 0.6 is 51.8 Å². The van der Waals surface area contributed by atoms with E-state index in [0.717, 1.165) is 6.26 Å². The van der Waals surface area contributed by atoms with E-state index >= 15 is 0 Å². The van der Waals surface area contributed by atoms with Crippen molar-refractivity contribution >= 4 is 51.8 Å². The average Bonchev–Trinajstić information content (AvgIpc) is 1.59. The van der Waals surface area contributed by atoms with E-state index in [2.05, 4.69) is 4.52 Å². The van der Waals surface area contributed by atoms with E-state index in [1.54, 1.807) is 0 Å². The van der Waals surface area contributed by atoms with Gasteiger partial charge in [-0.1, -0.05) is 23.2 Å². The first-order valence-corrected chi connectivity index (χ1v) is 5.80. The molecule has 0 aromatic heterocycles. The molecule has 0 rings (SSSR count). The van der Waals surface area contributed by atoms with Gasteiger partial charge >= 0.3 is 6.07 Å². The standard InChI is InChI=1S/C2HCl4O2P/c3-2(4)1-8-9(5,6)7/h1H. The second-order valence-electron chi connectivity index (χ2n) is 0.927. The van der Waals surface area contributed by atoms with Crippen LogP contribution in [0.15, 0.2) is 10.8 Å². The maximum Gasteiger partial charge on any atom is 0.427 e. The van der Waals surface area contributed by atoms with Gasteiger partial charge in [0, 0.05) is 22.5 Å². The lowest BCUT2D eigenvalue weighted by Gasteiger charge is -1.96. The van der Waals surface area contributed by atoms with Gasteiger partial charge in [0.05, 0.1) is 0 Å². The topological polar surface area (TPSA) is 26.3 Å². The summed E-state index contributed by atoms with van der Waals surface area (Å²) in [5.74, 6) is 0. The molecule has 0 bridgehead atoms. The quantitative estimate of drug-likeness (QED) is 0.531. The van der Waals surface area contributed by atoms with Crippen molar-refractivity contribution in [2.75, 3.05) is 0 Å². The minimum Gasteiger partial charge on any atom is -0.428 e. The summed E-state index contributed by atoms with van der Waals surface area (Å²) in [7, 11) is 0. The van der Waals surface area contributed by atoms with Crippen molar-refractivity contribution in [1.29, 1.82) is 0 Å². The molecular formula is C2HCl4O2P. The molecule has 0 fully saturated rings. The molecule has 0 amide bonds. The molecule has 0 heterocycles. The lowest BCUT2D eigenvalue weighted by atomic mass is 11.2. The first kappa shape index (κ1) is 9.93. The summed E-state index contributed by atoms with van der Waals surface area (Å²) in [6, 6.07) is 0. The summed E-state index contributed by atoms with van der Waals surface area (Å²) in [5, 5.41) is 0. The fraction of sp³-hybridized carbons (Fsp3) is 0. The fourth-order valence-electron chi connectivity index (χ4n) is 0.101. The minimum atomic E-state index is -3.52. The zero-order chi connectivity index (χ0) is 7.49. The Labute approximate surface area is 71.7 Å². The highest BCUT2D eigenvalue weighted by Crippen LogP contribution is 2.58. The van der Waals surface area contributed by atoms with Crippen LogP contribution in [-0.4, -0.2) is 0 Å². The lowest BCUT2D eigenvalue weighted by molar-refractivity contribution is 0.471. The van der Waals surface area contributed by atoms with E-state index in [1.165, 1.54) is 0 Å². The van der Waals surface area contributed by atoms with E-state index in [0.29, 0.717) is 0 Å². The molecule has 0 aromatic carbocycles. The summed E-state index contributed by atoms with van der Waals surface area (Å²) in [6.45, 7) is 0. The Morgan fingerprint density at radius 2 is 1.89 bits per heavy atom. The second-order valence-corrected chi connectivity index (χ2v) is 6.16. The smallest absolute Gasteiger partial charge is 0.427 e. The second kappa shape index (κ2) is 3.95. The first-order chi connectivity index (χ1) is 3.92. The third-order valence-corrected chi connectivity index (χ3v) is 1.27. The Morgan fingerprint density at radius 3 is 2.00 bits per heavy atom. The van der Waals surface area contributed by atoms with Crippen LogP contribution in [0.5, 0.6) is 0 Å². The highest BCUT2D eigenvalue weighted by molar-refractivity contribution is 8.05. The molecule has 0 unspecified atom stereocenters. The highest BCUT2D eigenvalue weighted by atomic mass is 35.9. The van der Waals surface area contributed by atoms with Gasteiger partial charge in [0.1, 0.15) is 10.8 Å². The van der Waals surface area contributed by atoms with Crippen LogP contribution in [0, 0.1) is 0 Å². The first-order valence-electron chi connectivity index (χ1n) is 1.61. The van der Waals surface area contributed by atoms with Gasteiger partial charge in [0.15, 0.2) is 0 Å². The van der Waals surface area contributed by atoms with Crippen LogP contribution in [0.2, 0.25) is 0 Å². The summed E-state index contributed by atoms with van der Waals surface area (Å²) in [5.41, 5.74) is 0. The largest absolute Gasteiger partial charge is 0.428 e. The van der Waals surface area contributed by atoms with Gasteiger partial charge in [-0.15, -0.1) is 0 Å². The summed E-state index contributed by atoms with van der Waals surface area (Å²) >= 11 is 19.9. The third-order valence-electron chi connectivity index (χ3n) is 0.265. The molecule has 0 aliphatic rings. The Bertz CT molecular complexity index is 156. The molecule has 7 heteroatoms. The Morgan fingerprint density at radius 1 is 1.44 bits per heavy atom. The van der Waals surface area contributed by atoms with Crippen molar-refractivity contribution in [3.8, 4) is 0 Å². The van der Waals surface area contributed by atoms with Gasteiger partial charge in [0.2, 0.25) is 0 Å². The predicted molar refractivity (Wildman–Crippen MR) is 40.2 cm³/mol. The minimum absolute atomic E-state index is 0.198. The van der Waals surface area contributed by atoms with E-state index in [-0.39, 0.29) is 4.49 Å². The Hall–Kier alpha value is 0.930. The van der Waals surface area contributed by atoms with Gasteiger partial charge < -0.3 is 4.52 Å². The molecule has 0 radical (unpaired) electrons. The van der Waals surface area contributed by atoms with Gasteiger partial charge in [-0.2, -0.15) is 0 Å². The van der Waals surface area contributed by atoms with Crippen LogP contribution in [0.25, 0.3) is 0 Å². The molecule has 0 aliphatic heterocycles. The van der Waals surface area contributed by atoms with Crippen LogP contribution in [-0.2, 0) is 9.09 Å². The zero-order valence-corrected chi connectivity index (χ0v) is 7.77. The zero-order valence-electron chi connectivity index (χ0n) is 3.85. The summed E-state index contributed by atoms with van der Waals surface area (Å²) in [6.07, 6.45) is -2.72. The molecular weight excluding hydrogens is 229 g/mol. The number of hydrogen-bond acceptors (Lipinski definition) is 2. The normalized spacial score (nSPS) is 10.7. The SMILES string of the molecule is O=P(Cl)(Cl)OC=C(Cl)Cl. The van der Waals surface area contributed by atoms with Crippen molar-refractivity contribution in [3.05, 3.63) is 10.8 Å². The van der Waals surface area contributed by atoms with Crippen molar-refractivity contribution in [2.45, 2.75) is 0 Å². The van der Waals surface area contributed by atoms with Crippen molar-refractivity contribution < 1.29 is 9.09 Å². The van der Waals surface area contributed by atoms with E-state index in [1.807, 2.05) is 0 Å². The molecule has 9 heavy (non-hydrogen) atoms.